The van der Waals surface area contributed by atoms with Crippen LogP contribution in [0.5, 0.6) is 0 Å². The summed E-state index contributed by atoms with van der Waals surface area (Å²) in [6.45, 7) is 2.11. The van der Waals surface area contributed by atoms with E-state index in [9.17, 15) is 0 Å². The summed E-state index contributed by atoms with van der Waals surface area (Å²) in [5.41, 5.74) is 6.39. The van der Waals surface area contributed by atoms with Crippen molar-refractivity contribution in [3.8, 4) is 0 Å². The highest BCUT2D eigenvalue weighted by molar-refractivity contribution is 4.97. The molecule has 0 aromatic carbocycles. The molecule has 2 nitrogen and oxygen atoms in total. The zero-order valence-electron chi connectivity index (χ0n) is 7.81. The third-order valence-electron chi connectivity index (χ3n) is 3.81. The van der Waals surface area contributed by atoms with Gasteiger partial charge in [-0.3, -0.25) is 0 Å². The van der Waals surface area contributed by atoms with Crippen molar-refractivity contribution in [2.75, 3.05) is 13.1 Å². The summed E-state index contributed by atoms with van der Waals surface area (Å²) >= 11 is 0. The number of hydrogen-bond acceptors (Lipinski definition) is 2. The standard InChI is InChI=1S/C10H20N2/c11-8-10-5-2-1-4-9(10)12-7-3-6-10/h9,12H,1-8,11H2/t9-,10+/m0/s1. The Bertz CT molecular complexity index is 144. The number of rotatable bonds is 1. The minimum atomic E-state index is 0.483. The summed E-state index contributed by atoms with van der Waals surface area (Å²) < 4.78 is 0. The van der Waals surface area contributed by atoms with Crippen LogP contribution in [0.25, 0.3) is 0 Å². The van der Waals surface area contributed by atoms with Gasteiger partial charge in [0.25, 0.3) is 0 Å². The molecule has 1 aliphatic carbocycles. The van der Waals surface area contributed by atoms with Crippen LogP contribution in [0.15, 0.2) is 0 Å². The molecule has 0 amide bonds. The molecule has 0 radical (unpaired) electrons. The van der Waals surface area contributed by atoms with Crippen molar-refractivity contribution < 1.29 is 0 Å². The molecule has 0 bridgehead atoms. The van der Waals surface area contributed by atoms with Gasteiger partial charge in [0, 0.05) is 6.04 Å². The van der Waals surface area contributed by atoms with E-state index >= 15 is 0 Å². The molecule has 3 N–H and O–H groups in total. The summed E-state index contributed by atoms with van der Waals surface area (Å²) in [6, 6.07) is 0.741. The fourth-order valence-corrected chi connectivity index (χ4v) is 2.99. The van der Waals surface area contributed by atoms with Crippen molar-refractivity contribution in [2.45, 2.75) is 44.6 Å². The molecule has 1 heterocycles. The quantitative estimate of drug-likeness (QED) is 0.618. The van der Waals surface area contributed by atoms with Crippen LogP contribution in [0.4, 0.5) is 0 Å². The van der Waals surface area contributed by atoms with Crippen LogP contribution in [0.1, 0.15) is 38.5 Å². The predicted molar refractivity (Wildman–Crippen MR) is 51.0 cm³/mol. The Morgan fingerprint density at radius 2 is 2.08 bits per heavy atom. The molecule has 2 rings (SSSR count). The maximum atomic E-state index is 5.91. The van der Waals surface area contributed by atoms with Crippen molar-refractivity contribution in [3.63, 3.8) is 0 Å². The molecule has 1 aliphatic heterocycles. The summed E-state index contributed by atoms with van der Waals surface area (Å²) in [6.07, 6.45) is 8.21. The van der Waals surface area contributed by atoms with Crippen molar-refractivity contribution in [2.24, 2.45) is 11.1 Å². The number of nitrogens with two attached hydrogens (primary N) is 1. The van der Waals surface area contributed by atoms with Crippen LogP contribution in [0.2, 0.25) is 0 Å². The number of hydrogen-bond donors (Lipinski definition) is 2. The van der Waals surface area contributed by atoms with E-state index in [1.807, 2.05) is 0 Å². The lowest BCUT2D eigenvalue weighted by Gasteiger charge is -2.47. The predicted octanol–water partition coefficient (Wildman–Crippen LogP) is 1.26. The normalized spacial score (nSPS) is 42.2. The van der Waals surface area contributed by atoms with Gasteiger partial charge in [-0.1, -0.05) is 12.8 Å². The SMILES string of the molecule is NC[C@]12CCCC[C@@H]1NCCC2. The molecule has 0 aromatic heterocycles. The topological polar surface area (TPSA) is 38.0 Å². The number of nitrogens with one attached hydrogen (secondary N) is 1. The van der Waals surface area contributed by atoms with Crippen LogP contribution >= 0.6 is 0 Å². The maximum Gasteiger partial charge on any atom is 0.0136 e. The molecule has 2 atom stereocenters. The Kier molecular flexibility index (Phi) is 2.37. The van der Waals surface area contributed by atoms with Gasteiger partial charge in [0.15, 0.2) is 0 Å². The molecule has 1 saturated carbocycles. The molecule has 0 aromatic rings. The summed E-state index contributed by atoms with van der Waals surface area (Å²) in [4.78, 5) is 0. The highest BCUT2D eigenvalue weighted by Gasteiger charge is 2.40. The Morgan fingerprint density at radius 3 is 2.83 bits per heavy atom. The van der Waals surface area contributed by atoms with E-state index in [0.29, 0.717) is 5.41 Å². The smallest absolute Gasteiger partial charge is 0.0136 e. The first kappa shape index (κ1) is 8.52. The van der Waals surface area contributed by atoms with Crippen LogP contribution in [-0.2, 0) is 0 Å². The van der Waals surface area contributed by atoms with Crippen molar-refractivity contribution in [1.82, 2.24) is 5.32 Å². The third kappa shape index (κ3) is 1.27. The van der Waals surface area contributed by atoms with Crippen LogP contribution in [0, 0.1) is 5.41 Å². The Labute approximate surface area is 74.9 Å². The van der Waals surface area contributed by atoms with Gasteiger partial charge in [0.05, 0.1) is 0 Å². The van der Waals surface area contributed by atoms with Gasteiger partial charge in [0.2, 0.25) is 0 Å². The summed E-state index contributed by atoms with van der Waals surface area (Å²) in [7, 11) is 0. The Balaban J connectivity index is 2.10. The summed E-state index contributed by atoms with van der Waals surface area (Å²) in [5.74, 6) is 0. The molecule has 2 fully saturated rings. The highest BCUT2D eigenvalue weighted by Crippen LogP contribution is 2.41. The zero-order chi connectivity index (χ0) is 8.44. The number of fused-ring (bicyclic) bond motifs is 1. The largest absolute Gasteiger partial charge is 0.330 e. The fourth-order valence-electron chi connectivity index (χ4n) is 2.99. The van der Waals surface area contributed by atoms with E-state index in [-0.39, 0.29) is 0 Å². The second-order valence-corrected chi connectivity index (χ2v) is 4.42. The van der Waals surface area contributed by atoms with Crippen LogP contribution < -0.4 is 11.1 Å². The third-order valence-corrected chi connectivity index (χ3v) is 3.81. The lowest BCUT2D eigenvalue weighted by Crippen LogP contribution is -2.54. The Morgan fingerprint density at radius 1 is 1.25 bits per heavy atom. The fraction of sp³-hybridized carbons (Fsp3) is 1.00. The van der Waals surface area contributed by atoms with Gasteiger partial charge in [-0.15, -0.1) is 0 Å². The van der Waals surface area contributed by atoms with Gasteiger partial charge < -0.3 is 11.1 Å². The molecule has 70 valence electrons. The van der Waals surface area contributed by atoms with Crippen molar-refractivity contribution >= 4 is 0 Å². The van der Waals surface area contributed by atoms with E-state index in [2.05, 4.69) is 5.32 Å². The van der Waals surface area contributed by atoms with E-state index in [4.69, 9.17) is 5.73 Å². The van der Waals surface area contributed by atoms with Gasteiger partial charge in [-0.25, -0.2) is 0 Å². The summed E-state index contributed by atoms with van der Waals surface area (Å²) in [5, 5.41) is 3.63. The van der Waals surface area contributed by atoms with E-state index in [1.54, 1.807) is 0 Å². The number of piperidine rings is 1. The van der Waals surface area contributed by atoms with Crippen LogP contribution in [-0.4, -0.2) is 19.1 Å². The van der Waals surface area contributed by atoms with Crippen molar-refractivity contribution in [1.29, 1.82) is 0 Å². The maximum absolute atomic E-state index is 5.91. The first-order chi connectivity index (χ1) is 5.87. The molecule has 2 heteroatoms. The van der Waals surface area contributed by atoms with Gasteiger partial charge in [0.1, 0.15) is 0 Å². The first-order valence-corrected chi connectivity index (χ1v) is 5.31. The van der Waals surface area contributed by atoms with Gasteiger partial charge in [-0.05, 0) is 44.2 Å². The molecule has 12 heavy (non-hydrogen) atoms. The lowest BCUT2D eigenvalue weighted by atomic mass is 9.66. The van der Waals surface area contributed by atoms with E-state index in [1.165, 1.54) is 45.1 Å². The highest BCUT2D eigenvalue weighted by atomic mass is 15.0. The average Bonchev–Trinajstić information content (AvgIpc) is 2.18. The van der Waals surface area contributed by atoms with Crippen molar-refractivity contribution in [3.05, 3.63) is 0 Å². The first-order valence-electron chi connectivity index (χ1n) is 5.31. The molecule has 0 spiro atoms. The van der Waals surface area contributed by atoms with Gasteiger partial charge in [-0.2, -0.15) is 0 Å². The zero-order valence-corrected chi connectivity index (χ0v) is 7.81. The Hall–Kier alpha value is -0.0800. The molecule has 1 saturated heterocycles. The van der Waals surface area contributed by atoms with Crippen LogP contribution in [0.3, 0.4) is 0 Å². The van der Waals surface area contributed by atoms with Gasteiger partial charge >= 0.3 is 0 Å². The minimum Gasteiger partial charge on any atom is -0.330 e. The van der Waals surface area contributed by atoms with E-state index in [0.717, 1.165) is 12.6 Å². The second kappa shape index (κ2) is 3.35. The monoisotopic (exact) mass is 168 g/mol. The van der Waals surface area contributed by atoms with E-state index < -0.39 is 0 Å². The molecular weight excluding hydrogens is 148 g/mol. The molecular formula is C10H20N2. The molecule has 0 unspecified atom stereocenters. The lowest BCUT2D eigenvalue weighted by molar-refractivity contribution is 0.0915. The minimum absolute atomic E-state index is 0.483. The second-order valence-electron chi connectivity index (χ2n) is 4.42. The molecule has 2 aliphatic rings. The average molecular weight is 168 g/mol.